The minimum absolute atomic E-state index is 0.154. The predicted molar refractivity (Wildman–Crippen MR) is 104 cm³/mol. The summed E-state index contributed by atoms with van der Waals surface area (Å²) >= 11 is 0. The molecule has 0 aliphatic heterocycles. The van der Waals surface area contributed by atoms with Crippen molar-refractivity contribution in [2.75, 3.05) is 0 Å². The van der Waals surface area contributed by atoms with Gasteiger partial charge in [-0.1, -0.05) is 91.0 Å². The molecule has 0 saturated heterocycles. The van der Waals surface area contributed by atoms with Crippen LogP contribution in [0.5, 0.6) is 0 Å². The van der Waals surface area contributed by atoms with Gasteiger partial charge in [0.15, 0.2) is 5.82 Å². The van der Waals surface area contributed by atoms with E-state index in [0.717, 1.165) is 16.7 Å². The standard InChI is InChI=1S/C22H20N4O/c23-27-16-21-24-17-26(25-21)22(18-10-4-1-5-11-18,19-12-6-2-7-13-19)20-14-8-3-9-15-20/h1-15,17H,16,23H2. The average Bonchev–Trinajstić information content (AvgIpc) is 3.20. The minimum atomic E-state index is -0.663. The zero-order valence-corrected chi connectivity index (χ0v) is 14.8. The first-order valence-electron chi connectivity index (χ1n) is 8.75. The first-order chi connectivity index (χ1) is 13.4. The van der Waals surface area contributed by atoms with Crippen molar-refractivity contribution in [2.24, 2.45) is 5.90 Å². The van der Waals surface area contributed by atoms with Crippen LogP contribution in [0, 0.1) is 0 Å². The van der Waals surface area contributed by atoms with Gasteiger partial charge in [-0.05, 0) is 16.7 Å². The molecule has 5 nitrogen and oxygen atoms in total. The number of benzene rings is 3. The van der Waals surface area contributed by atoms with Crippen LogP contribution in [-0.4, -0.2) is 14.8 Å². The maximum Gasteiger partial charge on any atom is 0.178 e. The second-order valence-corrected chi connectivity index (χ2v) is 6.22. The summed E-state index contributed by atoms with van der Waals surface area (Å²) in [5.41, 5.74) is 2.61. The number of hydrogen-bond donors (Lipinski definition) is 1. The summed E-state index contributed by atoms with van der Waals surface area (Å²) in [6, 6.07) is 30.9. The van der Waals surface area contributed by atoms with Crippen LogP contribution in [0.1, 0.15) is 22.5 Å². The minimum Gasteiger partial charge on any atom is -0.296 e. The summed E-state index contributed by atoms with van der Waals surface area (Å²) in [6.45, 7) is 0.154. The number of aromatic nitrogens is 3. The van der Waals surface area contributed by atoms with Crippen LogP contribution < -0.4 is 5.90 Å². The Balaban J connectivity index is 2.06. The molecular formula is C22H20N4O. The van der Waals surface area contributed by atoms with Gasteiger partial charge in [-0.2, -0.15) is 5.10 Å². The number of hydrogen-bond acceptors (Lipinski definition) is 4. The van der Waals surface area contributed by atoms with Gasteiger partial charge < -0.3 is 0 Å². The van der Waals surface area contributed by atoms with E-state index in [1.165, 1.54) is 0 Å². The Kier molecular flexibility index (Phi) is 4.78. The van der Waals surface area contributed by atoms with Gasteiger partial charge in [-0.25, -0.2) is 15.6 Å². The van der Waals surface area contributed by atoms with Crippen LogP contribution >= 0.6 is 0 Å². The topological polar surface area (TPSA) is 66.0 Å². The Bertz CT molecular complexity index is 888. The van der Waals surface area contributed by atoms with Crippen LogP contribution in [0.3, 0.4) is 0 Å². The third-order valence-corrected chi connectivity index (χ3v) is 4.67. The smallest absolute Gasteiger partial charge is 0.178 e. The molecule has 27 heavy (non-hydrogen) atoms. The van der Waals surface area contributed by atoms with Crippen LogP contribution in [0.2, 0.25) is 0 Å². The van der Waals surface area contributed by atoms with E-state index in [9.17, 15) is 0 Å². The maximum atomic E-state index is 5.22. The van der Waals surface area contributed by atoms with Gasteiger partial charge in [-0.15, -0.1) is 0 Å². The lowest BCUT2D eigenvalue weighted by Crippen LogP contribution is -2.38. The highest BCUT2D eigenvalue weighted by atomic mass is 16.6. The third kappa shape index (κ3) is 3.03. The van der Waals surface area contributed by atoms with Crippen LogP contribution in [0.4, 0.5) is 0 Å². The van der Waals surface area contributed by atoms with Gasteiger partial charge in [0.25, 0.3) is 0 Å². The first kappa shape index (κ1) is 17.1. The van der Waals surface area contributed by atoms with Gasteiger partial charge in [0, 0.05) is 0 Å². The van der Waals surface area contributed by atoms with Crippen LogP contribution in [0.15, 0.2) is 97.3 Å². The number of nitrogens with zero attached hydrogens (tertiary/aromatic N) is 3. The van der Waals surface area contributed by atoms with Gasteiger partial charge in [0.05, 0.1) is 0 Å². The molecule has 0 radical (unpaired) electrons. The van der Waals surface area contributed by atoms with E-state index in [0.29, 0.717) is 5.82 Å². The molecule has 0 saturated carbocycles. The lowest BCUT2D eigenvalue weighted by molar-refractivity contribution is 0.118. The Morgan fingerprint density at radius 1 is 0.741 bits per heavy atom. The fourth-order valence-electron chi connectivity index (χ4n) is 3.53. The lowest BCUT2D eigenvalue weighted by Gasteiger charge is -2.35. The fourth-order valence-corrected chi connectivity index (χ4v) is 3.53. The predicted octanol–water partition coefficient (Wildman–Crippen LogP) is 3.51. The van der Waals surface area contributed by atoms with Crippen molar-refractivity contribution in [3.8, 4) is 0 Å². The maximum absolute atomic E-state index is 5.22. The van der Waals surface area contributed by atoms with Gasteiger partial charge in [0.1, 0.15) is 18.5 Å². The molecule has 0 aliphatic rings. The van der Waals surface area contributed by atoms with Crippen LogP contribution in [0.25, 0.3) is 0 Å². The monoisotopic (exact) mass is 356 g/mol. The molecule has 0 fully saturated rings. The summed E-state index contributed by atoms with van der Waals surface area (Å²) in [6.07, 6.45) is 1.74. The highest BCUT2D eigenvalue weighted by Crippen LogP contribution is 2.39. The molecule has 3 aromatic carbocycles. The van der Waals surface area contributed by atoms with Gasteiger partial charge in [0.2, 0.25) is 0 Å². The van der Waals surface area contributed by atoms with Crippen molar-refractivity contribution in [1.29, 1.82) is 0 Å². The summed E-state index contributed by atoms with van der Waals surface area (Å²) in [5, 5.41) is 4.70. The Morgan fingerprint density at radius 3 is 1.59 bits per heavy atom. The van der Waals surface area contributed by atoms with Crippen molar-refractivity contribution in [3.05, 3.63) is 120 Å². The molecule has 1 heterocycles. The molecule has 0 aliphatic carbocycles. The van der Waals surface area contributed by atoms with E-state index in [2.05, 4.69) is 41.4 Å². The van der Waals surface area contributed by atoms with E-state index >= 15 is 0 Å². The quantitative estimate of drug-likeness (QED) is 0.424. The zero-order valence-electron chi connectivity index (χ0n) is 14.8. The zero-order chi connectivity index (χ0) is 18.5. The highest BCUT2D eigenvalue weighted by Gasteiger charge is 2.39. The lowest BCUT2D eigenvalue weighted by atomic mass is 9.77. The molecule has 4 aromatic rings. The molecule has 134 valence electrons. The molecule has 1 aromatic heterocycles. The van der Waals surface area contributed by atoms with Crippen LogP contribution in [-0.2, 0) is 17.0 Å². The van der Waals surface area contributed by atoms with E-state index in [1.54, 1.807) is 6.33 Å². The van der Waals surface area contributed by atoms with E-state index in [-0.39, 0.29) is 6.61 Å². The van der Waals surface area contributed by atoms with Crippen molar-refractivity contribution in [1.82, 2.24) is 14.8 Å². The van der Waals surface area contributed by atoms with Crippen molar-refractivity contribution < 1.29 is 4.84 Å². The first-order valence-corrected chi connectivity index (χ1v) is 8.75. The number of rotatable bonds is 6. The second kappa shape index (κ2) is 7.53. The molecule has 2 N–H and O–H groups in total. The summed E-state index contributed by atoms with van der Waals surface area (Å²) < 4.78 is 1.89. The SMILES string of the molecule is NOCc1ncn(C(c2ccccc2)(c2ccccc2)c2ccccc2)n1. The molecular weight excluding hydrogens is 336 g/mol. The molecule has 0 spiro atoms. The fraction of sp³-hybridized carbons (Fsp3) is 0.0909. The molecule has 0 atom stereocenters. The molecule has 0 bridgehead atoms. The number of nitrogens with two attached hydrogens (primary N) is 1. The van der Waals surface area contributed by atoms with Crippen molar-refractivity contribution in [3.63, 3.8) is 0 Å². The van der Waals surface area contributed by atoms with Gasteiger partial charge in [-0.3, -0.25) is 4.84 Å². The van der Waals surface area contributed by atoms with Gasteiger partial charge >= 0.3 is 0 Å². The Morgan fingerprint density at radius 2 is 1.19 bits per heavy atom. The largest absolute Gasteiger partial charge is 0.296 e. The molecule has 4 rings (SSSR count). The highest BCUT2D eigenvalue weighted by molar-refractivity contribution is 5.50. The summed E-state index contributed by atoms with van der Waals surface area (Å²) in [7, 11) is 0. The second-order valence-electron chi connectivity index (χ2n) is 6.22. The Labute approximate surface area is 158 Å². The van der Waals surface area contributed by atoms with Crippen molar-refractivity contribution in [2.45, 2.75) is 12.1 Å². The normalized spacial score (nSPS) is 11.4. The third-order valence-electron chi connectivity index (χ3n) is 4.67. The average molecular weight is 356 g/mol. The summed E-state index contributed by atoms with van der Waals surface area (Å²) in [4.78, 5) is 9.13. The molecule has 0 unspecified atom stereocenters. The molecule has 5 heteroatoms. The van der Waals surface area contributed by atoms with E-state index in [4.69, 9.17) is 15.8 Å². The van der Waals surface area contributed by atoms with E-state index < -0.39 is 5.54 Å². The molecule has 0 amide bonds. The summed E-state index contributed by atoms with van der Waals surface area (Å²) in [5.74, 6) is 5.76. The van der Waals surface area contributed by atoms with E-state index in [1.807, 2.05) is 59.3 Å². The Hall–Kier alpha value is -3.28. The van der Waals surface area contributed by atoms with Crippen molar-refractivity contribution >= 4 is 0 Å².